The molecule has 0 aromatic carbocycles. The summed E-state index contributed by atoms with van der Waals surface area (Å²) < 4.78 is 0.780. The lowest BCUT2D eigenvalue weighted by atomic mass is 9.97. The Morgan fingerprint density at radius 1 is 1.52 bits per heavy atom. The van der Waals surface area contributed by atoms with E-state index in [4.69, 9.17) is 5.11 Å². The fourth-order valence-electron chi connectivity index (χ4n) is 2.79. The van der Waals surface area contributed by atoms with Crippen molar-refractivity contribution in [2.75, 3.05) is 25.0 Å². The van der Waals surface area contributed by atoms with E-state index in [1.165, 1.54) is 22.4 Å². The number of nitrogens with one attached hydrogen (secondary N) is 1. The summed E-state index contributed by atoms with van der Waals surface area (Å²) in [5.74, 6) is 0.299. The summed E-state index contributed by atoms with van der Waals surface area (Å²) in [6, 6.07) is 1.83. The zero-order valence-electron chi connectivity index (χ0n) is 12.3. The van der Waals surface area contributed by atoms with Gasteiger partial charge in [0.15, 0.2) is 0 Å². The van der Waals surface area contributed by atoms with Gasteiger partial charge in [-0.05, 0) is 30.2 Å². The normalized spacial score (nSPS) is 15.7. The lowest BCUT2D eigenvalue weighted by Crippen LogP contribution is -2.39. The first-order valence-corrected chi connectivity index (χ1v) is 8.16. The molecule has 0 radical (unpaired) electrons. The minimum absolute atomic E-state index is 0.0251. The molecule has 0 bridgehead atoms. The maximum absolute atomic E-state index is 11.2. The number of thiophene rings is 1. The molecule has 1 aliphatic rings. The average Bonchev–Trinajstić information content (AvgIpc) is 3.01. The number of pyridine rings is 1. The van der Waals surface area contributed by atoms with Gasteiger partial charge >= 0.3 is 11.8 Å². The topological polar surface area (TPSA) is 109 Å². The highest BCUT2D eigenvalue weighted by Gasteiger charge is 2.24. The van der Waals surface area contributed by atoms with Crippen LogP contribution in [0.2, 0.25) is 0 Å². The average molecular weight is 336 g/mol. The molecule has 1 saturated heterocycles. The fourth-order valence-corrected chi connectivity index (χ4v) is 3.66. The number of amides is 1. The maximum atomic E-state index is 11.2. The summed E-state index contributed by atoms with van der Waals surface area (Å²) in [6.07, 6.45) is 1.91. The summed E-state index contributed by atoms with van der Waals surface area (Å²) >= 11 is 1.42. The number of carbonyl (C=O) groups is 1. The zero-order chi connectivity index (χ0) is 16.4. The Morgan fingerprint density at radius 3 is 2.91 bits per heavy atom. The number of nitro groups is 1. The van der Waals surface area contributed by atoms with E-state index in [2.05, 4.69) is 10.3 Å². The molecule has 0 unspecified atom stereocenters. The SMILES string of the molecule is O=C(O)N1CCC(CNc2c([N+](=O)[O-])cnc3ccsc23)CC1. The molecule has 9 heteroatoms. The summed E-state index contributed by atoms with van der Waals surface area (Å²) in [6.45, 7) is 1.61. The van der Waals surface area contributed by atoms with E-state index in [0.29, 0.717) is 31.2 Å². The third-order valence-electron chi connectivity index (χ3n) is 4.10. The second kappa shape index (κ2) is 6.37. The van der Waals surface area contributed by atoms with Gasteiger partial charge in [-0.25, -0.2) is 9.78 Å². The zero-order valence-corrected chi connectivity index (χ0v) is 13.1. The summed E-state index contributed by atoms with van der Waals surface area (Å²) in [7, 11) is 0. The van der Waals surface area contributed by atoms with Crippen LogP contribution in [0.25, 0.3) is 10.2 Å². The standard InChI is InChI=1S/C14H16N4O4S/c19-14(20)17-4-1-9(2-5-17)7-16-12-11(18(21)22)8-15-10-3-6-23-13(10)12/h3,6,8-9H,1-2,4-5,7H2,(H,15,16)(H,19,20). The van der Waals surface area contributed by atoms with Crippen molar-refractivity contribution in [1.29, 1.82) is 0 Å². The number of rotatable bonds is 4. The van der Waals surface area contributed by atoms with Gasteiger partial charge in [0.1, 0.15) is 11.9 Å². The highest BCUT2D eigenvalue weighted by atomic mass is 32.1. The van der Waals surface area contributed by atoms with Crippen LogP contribution in [0.3, 0.4) is 0 Å². The van der Waals surface area contributed by atoms with Crippen LogP contribution in [-0.2, 0) is 0 Å². The van der Waals surface area contributed by atoms with E-state index in [-0.39, 0.29) is 5.69 Å². The van der Waals surface area contributed by atoms with Crippen molar-refractivity contribution in [1.82, 2.24) is 9.88 Å². The molecule has 1 amide bonds. The highest BCUT2D eigenvalue weighted by molar-refractivity contribution is 7.17. The lowest BCUT2D eigenvalue weighted by Gasteiger charge is -2.30. The number of piperidine rings is 1. The van der Waals surface area contributed by atoms with E-state index in [1.807, 2.05) is 11.4 Å². The first-order chi connectivity index (χ1) is 11.1. The quantitative estimate of drug-likeness (QED) is 0.656. The molecule has 2 N–H and O–H groups in total. The number of likely N-dealkylation sites (tertiary alicyclic amines) is 1. The van der Waals surface area contributed by atoms with Crippen molar-refractivity contribution in [3.8, 4) is 0 Å². The van der Waals surface area contributed by atoms with E-state index >= 15 is 0 Å². The summed E-state index contributed by atoms with van der Waals surface area (Å²) in [5.41, 5.74) is 1.22. The smallest absolute Gasteiger partial charge is 0.407 e. The molecule has 3 heterocycles. The summed E-state index contributed by atoms with van der Waals surface area (Å²) in [5, 5.41) is 25.2. The second-order valence-corrected chi connectivity index (χ2v) is 6.42. The van der Waals surface area contributed by atoms with Crippen LogP contribution in [0.5, 0.6) is 0 Å². The number of carboxylic acid groups (broad SMARTS) is 1. The minimum atomic E-state index is -0.888. The van der Waals surface area contributed by atoms with Crippen molar-refractivity contribution >= 4 is 39.0 Å². The van der Waals surface area contributed by atoms with Crippen LogP contribution >= 0.6 is 11.3 Å². The molecule has 2 aromatic heterocycles. The Balaban J connectivity index is 1.72. The van der Waals surface area contributed by atoms with Gasteiger partial charge in [-0.3, -0.25) is 10.1 Å². The van der Waals surface area contributed by atoms with Crippen LogP contribution in [-0.4, -0.2) is 45.6 Å². The minimum Gasteiger partial charge on any atom is -0.465 e. The largest absolute Gasteiger partial charge is 0.465 e. The number of nitrogens with zero attached hydrogens (tertiary/aromatic N) is 3. The van der Waals surface area contributed by atoms with Crippen LogP contribution in [0.1, 0.15) is 12.8 Å². The second-order valence-electron chi connectivity index (χ2n) is 5.50. The van der Waals surface area contributed by atoms with E-state index < -0.39 is 11.0 Å². The van der Waals surface area contributed by atoms with Crippen molar-refractivity contribution in [2.24, 2.45) is 5.92 Å². The molecular formula is C14H16N4O4S. The molecule has 3 rings (SSSR count). The number of aromatic nitrogens is 1. The van der Waals surface area contributed by atoms with Crippen molar-refractivity contribution in [2.45, 2.75) is 12.8 Å². The molecule has 1 fully saturated rings. The number of anilines is 1. The molecule has 1 aliphatic heterocycles. The van der Waals surface area contributed by atoms with Crippen molar-refractivity contribution < 1.29 is 14.8 Å². The van der Waals surface area contributed by atoms with Gasteiger partial charge in [0.2, 0.25) is 0 Å². The first kappa shape index (κ1) is 15.5. The molecule has 122 valence electrons. The third kappa shape index (κ3) is 3.19. The summed E-state index contributed by atoms with van der Waals surface area (Å²) in [4.78, 5) is 27.2. The monoisotopic (exact) mass is 336 g/mol. The first-order valence-electron chi connectivity index (χ1n) is 7.28. The van der Waals surface area contributed by atoms with Gasteiger partial charge in [0.25, 0.3) is 0 Å². The maximum Gasteiger partial charge on any atom is 0.407 e. The Hall–Kier alpha value is -2.42. The molecule has 8 nitrogen and oxygen atoms in total. The van der Waals surface area contributed by atoms with Gasteiger partial charge in [0, 0.05) is 19.6 Å². The number of hydrogen-bond donors (Lipinski definition) is 2. The van der Waals surface area contributed by atoms with Gasteiger partial charge in [-0.15, -0.1) is 11.3 Å². The third-order valence-corrected chi connectivity index (χ3v) is 5.02. The van der Waals surface area contributed by atoms with E-state index in [9.17, 15) is 14.9 Å². The lowest BCUT2D eigenvalue weighted by molar-refractivity contribution is -0.384. The fraction of sp³-hybridized carbons (Fsp3) is 0.429. The Bertz CT molecular complexity index is 739. The Labute approximate surface area is 135 Å². The van der Waals surface area contributed by atoms with E-state index in [0.717, 1.165) is 23.1 Å². The predicted octanol–water partition coefficient (Wildman–Crippen LogP) is 3.01. The molecule has 0 spiro atoms. The van der Waals surface area contributed by atoms with Crippen LogP contribution in [0.4, 0.5) is 16.2 Å². The van der Waals surface area contributed by atoms with Gasteiger partial charge in [-0.2, -0.15) is 0 Å². The van der Waals surface area contributed by atoms with Crippen molar-refractivity contribution in [3.05, 3.63) is 27.8 Å². The van der Waals surface area contributed by atoms with Crippen LogP contribution in [0, 0.1) is 16.0 Å². The molecule has 0 saturated carbocycles. The van der Waals surface area contributed by atoms with Crippen LogP contribution in [0.15, 0.2) is 17.6 Å². The van der Waals surface area contributed by atoms with Gasteiger partial charge in [-0.1, -0.05) is 0 Å². The van der Waals surface area contributed by atoms with Gasteiger partial charge in [0.05, 0.1) is 15.1 Å². The van der Waals surface area contributed by atoms with Gasteiger partial charge < -0.3 is 15.3 Å². The molecule has 2 aromatic rings. The highest BCUT2D eigenvalue weighted by Crippen LogP contribution is 2.35. The molecule has 0 atom stereocenters. The number of fused-ring (bicyclic) bond motifs is 1. The number of hydrogen-bond acceptors (Lipinski definition) is 6. The Kier molecular flexibility index (Phi) is 4.28. The Morgan fingerprint density at radius 2 is 2.26 bits per heavy atom. The van der Waals surface area contributed by atoms with E-state index in [1.54, 1.807) is 0 Å². The molecule has 23 heavy (non-hydrogen) atoms. The molecule has 0 aliphatic carbocycles. The predicted molar refractivity (Wildman–Crippen MR) is 87.1 cm³/mol. The van der Waals surface area contributed by atoms with Crippen LogP contribution < -0.4 is 5.32 Å². The van der Waals surface area contributed by atoms with Crippen molar-refractivity contribution in [3.63, 3.8) is 0 Å². The molecular weight excluding hydrogens is 320 g/mol.